The Balaban J connectivity index is 1.45. The molecule has 0 spiro atoms. The van der Waals surface area contributed by atoms with Crippen LogP contribution in [0, 0.1) is 6.92 Å². The van der Waals surface area contributed by atoms with E-state index in [1.165, 1.54) is 0 Å². The predicted molar refractivity (Wildman–Crippen MR) is 98.3 cm³/mol. The summed E-state index contributed by atoms with van der Waals surface area (Å²) in [6.45, 7) is 4.95. The van der Waals surface area contributed by atoms with E-state index in [-0.39, 0.29) is 12.0 Å². The summed E-state index contributed by atoms with van der Waals surface area (Å²) in [5.41, 5.74) is 3.88. The second-order valence-electron chi connectivity index (χ2n) is 7.05. The smallest absolute Gasteiger partial charge is 0.270 e. The Morgan fingerprint density at radius 3 is 3.04 bits per heavy atom. The molecule has 7 heteroatoms. The molecule has 2 aromatic rings. The van der Waals surface area contributed by atoms with Crippen LogP contribution in [0.5, 0.6) is 0 Å². The highest BCUT2D eigenvalue weighted by atomic mass is 16.5. The molecule has 0 saturated carbocycles. The molecule has 4 rings (SSSR count). The van der Waals surface area contributed by atoms with Gasteiger partial charge < -0.3 is 19.9 Å². The number of carbonyl (C=O) groups is 1. The van der Waals surface area contributed by atoms with Gasteiger partial charge in [-0.1, -0.05) is 0 Å². The Bertz CT molecular complexity index is 782. The fraction of sp³-hybridized carbons (Fsp3) is 0.526. The van der Waals surface area contributed by atoms with Gasteiger partial charge in [0.1, 0.15) is 17.8 Å². The zero-order chi connectivity index (χ0) is 17.9. The van der Waals surface area contributed by atoms with Crippen LogP contribution in [0.1, 0.15) is 40.2 Å². The number of hydrogen-bond donors (Lipinski definition) is 2. The van der Waals surface area contributed by atoms with Gasteiger partial charge in [0.2, 0.25) is 0 Å². The van der Waals surface area contributed by atoms with E-state index in [0.29, 0.717) is 18.8 Å². The normalized spacial score (nSPS) is 19.9. The first-order valence-corrected chi connectivity index (χ1v) is 9.33. The molecule has 1 atom stereocenters. The number of nitrogens with one attached hydrogen (secondary N) is 2. The summed E-state index contributed by atoms with van der Waals surface area (Å²) < 4.78 is 5.68. The van der Waals surface area contributed by atoms with E-state index in [9.17, 15) is 4.79 Å². The number of amides is 1. The van der Waals surface area contributed by atoms with Crippen LogP contribution in [0.25, 0.3) is 0 Å². The van der Waals surface area contributed by atoms with Gasteiger partial charge >= 0.3 is 0 Å². The third-order valence-electron chi connectivity index (χ3n) is 5.15. The molecule has 7 nitrogen and oxygen atoms in total. The molecule has 2 aliphatic rings. The van der Waals surface area contributed by atoms with Gasteiger partial charge in [-0.05, 0) is 37.8 Å². The molecular weight excluding hydrogens is 330 g/mol. The molecule has 26 heavy (non-hydrogen) atoms. The van der Waals surface area contributed by atoms with Gasteiger partial charge in [0.15, 0.2) is 0 Å². The van der Waals surface area contributed by atoms with Crippen molar-refractivity contribution in [2.45, 2.75) is 38.7 Å². The largest absolute Gasteiger partial charge is 0.376 e. The number of carbonyl (C=O) groups excluding carboxylic acids is 1. The number of aromatic amines is 1. The van der Waals surface area contributed by atoms with E-state index < -0.39 is 0 Å². The fourth-order valence-corrected chi connectivity index (χ4v) is 3.69. The number of fused-ring (bicyclic) bond motifs is 1. The Labute approximate surface area is 153 Å². The molecule has 1 fully saturated rings. The lowest BCUT2D eigenvalue weighted by Crippen LogP contribution is -2.33. The van der Waals surface area contributed by atoms with Crippen molar-refractivity contribution in [1.82, 2.24) is 19.9 Å². The monoisotopic (exact) mass is 355 g/mol. The fourth-order valence-electron chi connectivity index (χ4n) is 3.69. The molecule has 2 aliphatic heterocycles. The molecular formula is C19H25N5O2. The van der Waals surface area contributed by atoms with E-state index in [4.69, 9.17) is 4.74 Å². The molecule has 4 heterocycles. The van der Waals surface area contributed by atoms with Crippen LogP contribution in [-0.4, -0.2) is 58.1 Å². The van der Waals surface area contributed by atoms with E-state index in [2.05, 4.69) is 20.3 Å². The summed E-state index contributed by atoms with van der Waals surface area (Å²) in [7, 11) is 0. The van der Waals surface area contributed by atoms with Crippen LogP contribution in [0.15, 0.2) is 18.6 Å². The molecule has 2 N–H and O–H groups in total. The summed E-state index contributed by atoms with van der Waals surface area (Å²) in [6.07, 6.45) is 7.47. The molecule has 1 amide bonds. The van der Waals surface area contributed by atoms with Crippen LogP contribution in [0.3, 0.4) is 0 Å². The zero-order valence-corrected chi connectivity index (χ0v) is 15.1. The van der Waals surface area contributed by atoms with Crippen molar-refractivity contribution in [1.29, 1.82) is 0 Å². The van der Waals surface area contributed by atoms with Crippen molar-refractivity contribution in [2.24, 2.45) is 0 Å². The van der Waals surface area contributed by atoms with Crippen LogP contribution < -0.4 is 5.32 Å². The second kappa shape index (κ2) is 7.45. The number of nitrogens with zero attached hydrogens (tertiary/aromatic N) is 3. The standard InChI is InChI=1S/C19H25N5O2/c1-13-9-17(20-10-13)19(25)24-6-4-15-16(5-7-24)22-12-23-18(15)21-11-14-3-2-8-26-14/h9-10,12,14,20H,2-8,11H2,1H3,(H,21,22,23)/t14-/m1/s1. The Morgan fingerprint density at radius 1 is 1.38 bits per heavy atom. The number of aryl methyl sites for hydroxylation is 1. The summed E-state index contributed by atoms with van der Waals surface area (Å²) in [5, 5.41) is 3.44. The molecule has 1 saturated heterocycles. The first-order chi connectivity index (χ1) is 12.7. The van der Waals surface area contributed by atoms with E-state index in [1.807, 2.05) is 24.1 Å². The lowest BCUT2D eigenvalue weighted by atomic mass is 10.1. The average Bonchev–Trinajstić information content (AvgIpc) is 3.27. The lowest BCUT2D eigenvalue weighted by Gasteiger charge is -2.19. The second-order valence-corrected chi connectivity index (χ2v) is 7.05. The van der Waals surface area contributed by atoms with Crippen molar-refractivity contribution in [3.05, 3.63) is 41.1 Å². The highest BCUT2D eigenvalue weighted by molar-refractivity contribution is 5.92. The zero-order valence-electron chi connectivity index (χ0n) is 15.1. The Morgan fingerprint density at radius 2 is 2.27 bits per heavy atom. The quantitative estimate of drug-likeness (QED) is 0.876. The van der Waals surface area contributed by atoms with Crippen molar-refractivity contribution >= 4 is 11.7 Å². The summed E-state index contributed by atoms with van der Waals surface area (Å²) in [6, 6.07) is 1.90. The van der Waals surface area contributed by atoms with E-state index in [0.717, 1.165) is 61.5 Å². The third kappa shape index (κ3) is 3.58. The van der Waals surface area contributed by atoms with E-state index in [1.54, 1.807) is 6.33 Å². The molecule has 2 aromatic heterocycles. The number of rotatable bonds is 4. The van der Waals surface area contributed by atoms with Crippen molar-refractivity contribution in [3.63, 3.8) is 0 Å². The van der Waals surface area contributed by atoms with Crippen LogP contribution in [0.2, 0.25) is 0 Å². The lowest BCUT2D eigenvalue weighted by molar-refractivity contribution is 0.0757. The molecule has 0 radical (unpaired) electrons. The maximum Gasteiger partial charge on any atom is 0.270 e. The number of aromatic nitrogens is 3. The minimum Gasteiger partial charge on any atom is -0.376 e. The molecule has 0 aromatic carbocycles. The molecule has 0 bridgehead atoms. The van der Waals surface area contributed by atoms with Gasteiger partial charge in [0.05, 0.1) is 11.8 Å². The van der Waals surface area contributed by atoms with Crippen molar-refractivity contribution < 1.29 is 9.53 Å². The number of ether oxygens (including phenoxy) is 1. The summed E-state index contributed by atoms with van der Waals surface area (Å²) >= 11 is 0. The van der Waals surface area contributed by atoms with Gasteiger partial charge in [-0.15, -0.1) is 0 Å². The SMILES string of the molecule is Cc1c[nH]c(C(=O)N2CCc3ncnc(NC[C@H]4CCCO4)c3CC2)c1. The minimum absolute atomic E-state index is 0.0488. The van der Waals surface area contributed by atoms with Crippen molar-refractivity contribution in [3.8, 4) is 0 Å². The number of H-pyrrole nitrogens is 1. The maximum atomic E-state index is 12.7. The van der Waals surface area contributed by atoms with Crippen LogP contribution in [-0.2, 0) is 17.6 Å². The first kappa shape index (κ1) is 17.0. The number of hydrogen-bond acceptors (Lipinski definition) is 5. The topological polar surface area (TPSA) is 83.1 Å². The summed E-state index contributed by atoms with van der Waals surface area (Å²) in [5.74, 6) is 0.934. The molecule has 0 aliphatic carbocycles. The van der Waals surface area contributed by atoms with Gasteiger partial charge in [-0.2, -0.15) is 0 Å². The van der Waals surface area contributed by atoms with E-state index >= 15 is 0 Å². The highest BCUT2D eigenvalue weighted by Crippen LogP contribution is 2.22. The van der Waals surface area contributed by atoms with Gasteiger partial charge in [-0.3, -0.25) is 4.79 Å². The maximum absolute atomic E-state index is 12.7. The van der Waals surface area contributed by atoms with Crippen LogP contribution >= 0.6 is 0 Å². The molecule has 138 valence electrons. The number of anilines is 1. The van der Waals surface area contributed by atoms with Crippen molar-refractivity contribution in [2.75, 3.05) is 31.6 Å². The van der Waals surface area contributed by atoms with Gasteiger partial charge in [0.25, 0.3) is 5.91 Å². The van der Waals surface area contributed by atoms with Crippen LogP contribution in [0.4, 0.5) is 5.82 Å². The first-order valence-electron chi connectivity index (χ1n) is 9.33. The van der Waals surface area contributed by atoms with Gasteiger partial charge in [0, 0.05) is 44.4 Å². The molecule has 0 unspecified atom stereocenters. The Hall–Kier alpha value is -2.41. The predicted octanol–water partition coefficient (Wildman–Crippen LogP) is 1.95. The van der Waals surface area contributed by atoms with Gasteiger partial charge in [-0.25, -0.2) is 9.97 Å². The minimum atomic E-state index is 0.0488. The Kier molecular flexibility index (Phi) is 4.88. The highest BCUT2D eigenvalue weighted by Gasteiger charge is 2.24. The third-order valence-corrected chi connectivity index (χ3v) is 5.15. The average molecular weight is 355 g/mol. The summed E-state index contributed by atoms with van der Waals surface area (Å²) in [4.78, 5) is 26.6.